The zero-order chi connectivity index (χ0) is 18.7. The summed E-state index contributed by atoms with van der Waals surface area (Å²) in [6.45, 7) is 4.20. The van der Waals surface area contributed by atoms with Crippen molar-refractivity contribution in [3.63, 3.8) is 0 Å². The average Bonchev–Trinajstić information content (AvgIpc) is 3.09. The molecule has 1 atom stereocenters. The highest BCUT2D eigenvalue weighted by molar-refractivity contribution is 5.62. The molecule has 1 aliphatic heterocycles. The van der Waals surface area contributed by atoms with Crippen molar-refractivity contribution >= 4 is 6.21 Å². The van der Waals surface area contributed by atoms with Gasteiger partial charge in [-0.2, -0.15) is 0 Å². The van der Waals surface area contributed by atoms with Gasteiger partial charge in [-0.25, -0.2) is 0 Å². The molecule has 0 aliphatic carbocycles. The molecule has 0 saturated carbocycles. The molecular weight excluding hydrogens is 320 g/mol. The Morgan fingerprint density at radius 3 is 2.08 bits per heavy atom. The minimum atomic E-state index is 0.242. The van der Waals surface area contributed by atoms with E-state index in [4.69, 9.17) is 5.11 Å². The molecule has 0 radical (unpaired) electrons. The minimum absolute atomic E-state index is 0.242. The van der Waals surface area contributed by atoms with Gasteiger partial charge in [-0.3, -0.25) is 9.89 Å². The Morgan fingerprint density at radius 1 is 0.885 bits per heavy atom. The van der Waals surface area contributed by atoms with Crippen molar-refractivity contribution in [3.05, 3.63) is 12.2 Å². The lowest BCUT2D eigenvalue weighted by atomic mass is 10.1. The first-order chi connectivity index (χ1) is 12.9. The Balaban J connectivity index is 1.80. The largest absolute Gasteiger partial charge is 0.395 e. The Labute approximate surface area is 163 Å². The van der Waals surface area contributed by atoms with Crippen molar-refractivity contribution in [3.8, 4) is 0 Å². The number of allylic oxidation sites excluding steroid dienone is 2. The Kier molecular flexibility index (Phi) is 15.9. The van der Waals surface area contributed by atoms with E-state index in [2.05, 4.69) is 29.0 Å². The van der Waals surface area contributed by atoms with E-state index in [0.29, 0.717) is 6.17 Å². The standard InChI is InChI=1S/C23H44N2O/c1-2-3-4-5-6-7-8-9-10-11-12-13-14-15-16-17-18-23-24-19-20-25(23)21-22-26/h10-11,19,23,26H,2-9,12-18,20-22H2,1H3/b11-10+. The third-order valence-corrected chi connectivity index (χ3v) is 5.38. The number of aliphatic imine (C=N–C) groups is 1. The molecule has 1 rings (SSSR count). The lowest BCUT2D eigenvalue weighted by molar-refractivity contribution is 0.176. The van der Waals surface area contributed by atoms with Crippen LogP contribution in [-0.2, 0) is 0 Å². The van der Waals surface area contributed by atoms with Crippen molar-refractivity contribution in [1.82, 2.24) is 4.90 Å². The molecule has 0 amide bonds. The van der Waals surface area contributed by atoms with Gasteiger partial charge in [0.2, 0.25) is 0 Å². The lowest BCUT2D eigenvalue weighted by Gasteiger charge is -2.21. The van der Waals surface area contributed by atoms with Gasteiger partial charge in [0.1, 0.15) is 6.17 Å². The average molecular weight is 365 g/mol. The molecule has 0 bridgehead atoms. The fraction of sp³-hybridized carbons (Fsp3) is 0.870. The van der Waals surface area contributed by atoms with Gasteiger partial charge >= 0.3 is 0 Å². The summed E-state index contributed by atoms with van der Waals surface area (Å²) >= 11 is 0. The number of nitrogens with zero attached hydrogens (tertiary/aromatic N) is 2. The van der Waals surface area contributed by atoms with Crippen LogP contribution in [-0.4, -0.2) is 42.1 Å². The van der Waals surface area contributed by atoms with Crippen molar-refractivity contribution in [1.29, 1.82) is 0 Å². The summed E-state index contributed by atoms with van der Waals surface area (Å²) in [6.07, 6.45) is 27.3. The van der Waals surface area contributed by atoms with E-state index < -0.39 is 0 Å². The minimum Gasteiger partial charge on any atom is -0.395 e. The van der Waals surface area contributed by atoms with Gasteiger partial charge in [0.15, 0.2) is 0 Å². The van der Waals surface area contributed by atoms with Crippen LogP contribution in [0.5, 0.6) is 0 Å². The zero-order valence-corrected chi connectivity index (χ0v) is 17.4. The van der Waals surface area contributed by atoms with E-state index in [0.717, 1.165) is 19.5 Å². The van der Waals surface area contributed by atoms with Crippen LogP contribution < -0.4 is 0 Å². The summed E-state index contributed by atoms with van der Waals surface area (Å²) in [6, 6.07) is 0. The van der Waals surface area contributed by atoms with Crippen LogP contribution in [0.1, 0.15) is 103 Å². The molecule has 0 fully saturated rings. The summed E-state index contributed by atoms with van der Waals surface area (Å²) in [5.41, 5.74) is 0. The molecule has 0 aromatic carbocycles. The summed E-state index contributed by atoms with van der Waals surface area (Å²) in [7, 11) is 0. The second-order valence-corrected chi connectivity index (χ2v) is 7.76. The molecule has 0 aromatic heterocycles. The number of hydrogen-bond donors (Lipinski definition) is 1. The normalized spacial score (nSPS) is 17.7. The van der Waals surface area contributed by atoms with Crippen LogP contribution in [0.25, 0.3) is 0 Å². The smallest absolute Gasteiger partial charge is 0.102 e. The molecule has 1 heterocycles. The summed E-state index contributed by atoms with van der Waals surface area (Å²) in [5, 5.41) is 9.05. The van der Waals surface area contributed by atoms with E-state index in [9.17, 15) is 0 Å². The predicted octanol–water partition coefficient (Wildman–Crippen LogP) is 6.12. The third kappa shape index (κ3) is 12.6. The number of β-amino-alcohol motifs (C(OH)–C–C–N with tert-alkyl or cyclic N) is 1. The fourth-order valence-electron chi connectivity index (χ4n) is 3.69. The van der Waals surface area contributed by atoms with E-state index in [-0.39, 0.29) is 6.61 Å². The molecule has 0 spiro atoms. The molecule has 0 saturated heterocycles. The number of unbranched alkanes of at least 4 members (excludes halogenated alkanes) is 12. The first-order valence-electron chi connectivity index (χ1n) is 11.4. The third-order valence-electron chi connectivity index (χ3n) is 5.38. The van der Waals surface area contributed by atoms with E-state index in [1.54, 1.807) is 0 Å². The number of aliphatic hydroxyl groups is 1. The number of rotatable bonds is 18. The van der Waals surface area contributed by atoms with Gasteiger partial charge in [-0.15, -0.1) is 0 Å². The first-order valence-corrected chi connectivity index (χ1v) is 11.4. The van der Waals surface area contributed by atoms with Crippen LogP contribution in [0.15, 0.2) is 17.1 Å². The molecule has 1 aliphatic rings. The number of hydrogen-bond acceptors (Lipinski definition) is 3. The van der Waals surface area contributed by atoms with Crippen LogP contribution in [0, 0.1) is 0 Å². The van der Waals surface area contributed by atoms with Crippen LogP contribution in [0.2, 0.25) is 0 Å². The van der Waals surface area contributed by atoms with Crippen molar-refractivity contribution < 1.29 is 5.11 Å². The highest BCUT2D eigenvalue weighted by Crippen LogP contribution is 2.16. The fourth-order valence-corrected chi connectivity index (χ4v) is 3.69. The second-order valence-electron chi connectivity index (χ2n) is 7.76. The summed E-state index contributed by atoms with van der Waals surface area (Å²) in [4.78, 5) is 6.80. The van der Waals surface area contributed by atoms with Crippen LogP contribution in [0.3, 0.4) is 0 Å². The molecule has 1 N–H and O–H groups in total. The van der Waals surface area contributed by atoms with Crippen LogP contribution >= 0.6 is 0 Å². The van der Waals surface area contributed by atoms with Gasteiger partial charge in [0.25, 0.3) is 0 Å². The molecule has 3 heteroatoms. The topological polar surface area (TPSA) is 35.8 Å². The van der Waals surface area contributed by atoms with Gasteiger partial charge in [0, 0.05) is 19.3 Å². The summed E-state index contributed by atoms with van der Waals surface area (Å²) in [5.74, 6) is 0. The SMILES string of the molecule is CCCCCCCCC/C=C/CCCCCCCC1N=CCN1CCO. The predicted molar refractivity (Wildman–Crippen MR) is 115 cm³/mol. The van der Waals surface area contributed by atoms with Gasteiger partial charge in [-0.05, 0) is 38.5 Å². The van der Waals surface area contributed by atoms with Crippen molar-refractivity contribution in [2.24, 2.45) is 4.99 Å². The van der Waals surface area contributed by atoms with Gasteiger partial charge in [0.05, 0.1) is 6.61 Å². The first kappa shape index (κ1) is 23.4. The molecule has 3 nitrogen and oxygen atoms in total. The maximum absolute atomic E-state index is 9.05. The zero-order valence-electron chi connectivity index (χ0n) is 17.4. The monoisotopic (exact) mass is 364 g/mol. The molecule has 152 valence electrons. The van der Waals surface area contributed by atoms with E-state index in [1.165, 1.54) is 89.9 Å². The van der Waals surface area contributed by atoms with Gasteiger partial charge in [-0.1, -0.05) is 76.9 Å². The molecule has 26 heavy (non-hydrogen) atoms. The highest BCUT2D eigenvalue weighted by Gasteiger charge is 2.19. The van der Waals surface area contributed by atoms with E-state index >= 15 is 0 Å². The van der Waals surface area contributed by atoms with E-state index in [1.807, 2.05) is 6.21 Å². The van der Waals surface area contributed by atoms with Crippen molar-refractivity contribution in [2.75, 3.05) is 19.7 Å². The lowest BCUT2D eigenvalue weighted by Crippen LogP contribution is -2.32. The Bertz CT molecular complexity index is 354. The highest BCUT2D eigenvalue weighted by atomic mass is 16.3. The van der Waals surface area contributed by atoms with Crippen molar-refractivity contribution in [2.45, 2.75) is 109 Å². The summed E-state index contributed by atoms with van der Waals surface area (Å²) < 4.78 is 0. The molecule has 1 unspecified atom stereocenters. The maximum atomic E-state index is 9.05. The Morgan fingerprint density at radius 2 is 1.46 bits per heavy atom. The Hall–Kier alpha value is -0.670. The number of aliphatic hydroxyl groups excluding tert-OH is 1. The molecular formula is C23H44N2O. The second kappa shape index (κ2) is 17.7. The van der Waals surface area contributed by atoms with Gasteiger partial charge < -0.3 is 5.11 Å². The molecule has 0 aromatic rings. The maximum Gasteiger partial charge on any atom is 0.102 e. The van der Waals surface area contributed by atoms with Crippen LogP contribution in [0.4, 0.5) is 0 Å². The quantitative estimate of drug-likeness (QED) is 0.235.